The molecule has 6 aromatic carbocycles. The van der Waals surface area contributed by atoms with Crippen LogP contribution in [0.25, 0.3) is 21.9 Å². The third-order valence-corrected chi connectivity index (χ3v) is 10.4. The fourth-order valence-corrected chi connectivity index (χ4v) is 7.46. The van der Waals surface area contributed by atoms with Crippen LogP contribution >= 0.6 is 12.2 Å². The van der Waals surface area contributed by atoms with Gasteiger partial charge in [-0.3, -0.25) is 9.98 Å². The average Bonchev–Trinajstić information content (AvgIpc) is 3.28. The number of phenolic OH excluding ortho intramolecular Hbond substituents is 2. The van der Waals surface area contributed by atoms with Crippen molar-refractivity contribution in [3.05, 3.63) is 224 Å². The summed E-state index contributed by atoms with van der Waals surface area (Å²) < 4.78 is 11.1. The Labute approximate surface area is 349 Å². The van der Waals surface area contributed by atoms with Crippen molar-refractivity contribution in [2.75, 3.05) is 0 Å². The number of benzene rings is 6. The molecule has 8 rings (SSSR count). The van der Waals surface area contributed by atoms with Crippen LogP contribution in [0, 0.1) is 0 Å². The lowest BCUT2D eigenvalue weighted by Crippen LogP contribution is -2.42. The molecule has 2 aromatic heterocycles. The number of thiocarbonyl (C=S) groups is 1. The molecule has 8 aromatic rings. The Morgan fingerprint density at radius 1 is 0.483 bits per heavy atom. The van der Waals surface area contributed by atoms with E-state index < -0.39 is 35.4 Å². The summed E-state index contributed by atoms with van der Waals surface area (Å²) in [5.74, 6) is -0.183. The van der Waals surface area contributed by atoms with Gasteiger partial charge in [0.25, 0.3) is 0 Å². The molecule has 4 N–H and O–H groups in total. The van der Waals surface area contributed by atoms with E-state index in [4.69, 9.17) is 31.0 Å². The van der Waals surface area contributed by atoms with Crippen LogP contribution in [0.2, 0.25) is 0 Å². The maximum Gasteiger partial charge on any atom is 0.336 e. The van der Waals surface area contributed by atoms with Crippen LogP contribution in [0.4, 0.5) is 0 Å². The molecule has 0 bridgehead atoms. The lowest BCUT2D eigenvalue weighted by molar-refractivity contribution is 0.471. The first-order valence-corrected chi connectivity index (χ1v) is 19.6. The van der Waals surface area contributed by atoms with Gasteiger partial charge >= 0.3 is 11.3 Å². The zero-order valence-corrected chi connectivity index (χ0v) is 32.8. The van der Waals surface area contributed by atoms with Crippen LogP contribution in [0.15, 0.2) is 198 Å². The highest BCUT2D eigenvalue weighted by atomic mass is 32.1. The fourth-order valence-electron chi connectivity index (χ4n) is 7.21. The summed E-state index contributed by atoms with van der Waals surface area (Å²) in [6, 6.07) is 49.1. The van der Waals surface area contributed by atoms with Gasteiger partial charge in [0.2, 0.25) is 0 Å². The first kappa shape index (κ1) is 39.2. The van der Waals surface area contributed by atoms with Crippen molar-refractivity contribution in [1.82, 2.24) is 10.6 Å². The maximum absolute atomic E-state index is 12.3. The fraction of sp³-hybridized carbons (Fsp3) is 0.0816. The molecule has 0 saturated carbocycles. The summed E-state index contributed by atoms with van der Waals surface area (Å²) in [6.07, 6.45) is 3.06. The smallest absolute Gasteiger partial charge is 0.336 e. The molecule has 0 spiro atoms. The molecule has 0 amide bonds. The van der Waals surface area contributed by atoms with Crippen molar-refractivity contribution in [1.29, 1.82) is 0 Å². The molecule has 0 aliphatic heterocycles. The van der Waals surface area contributed by atoms with E-state index >= 15 is 0 Å². The highest BCUT2D eigenvalue weighted by Gasteiger charge is 2.29. The summed E-state index contributed by atoms with van der Waals surface area (Å²) in [7, 11) is 0. The minimum Gasteiger partial charge on any atom is -0.507 e. The number of nitrogens with one attached hydrogen (secondary N) is 2. The van der Waals surface area contributed by atoms with Gasteiger partial charge in [0.15, 0.2) is 16.3 Å². The first-order chi connectivity index (χ1) is 29.3. The Morgan fingerprint density at radius 3 is 1.18 bits per heavy atom. The average molecular weight is 811 g/mol. The molecule has 10 nitrogen and oxygen atoms in total. The summed E-state index contributed by atoms with van der Waals surface area (Å²) >= 11 is 6.19. The van der Waals surface area contributed by atoms with Gasteiger partial charge in [-0.05, 0) is 70.9 Å². The van der Waals surface area contributed by atoms with Crippen molar-refractivity contribution < 1.29 is 19.0 Å². The predicted molar refractivity (Wildman–Crippen MR) is 239 cm³/mol. The highest BCUT2D eigenvalue weighted by molar-refractivity contribution is 7.80. The first-order valence-electron chi connectivity index (χ1n) is 19.2. The number of aliphatic imine (C=N–C) groups is 2. The van der Waals surface area contributed by atoms with Crippen molar-refractivity contribution in [3.8, 4) is 11.5 Å². The highest BCUT2D eigenvalue weighted by Crippen LogP contribution is 2.36. The molecule has 0 aliphatic carbocycles. The molecule has 2 heterocycles. The van der Waals surface area contributed by atoms with Gasteiger partial charge in [0, 0.05) is 35.3 Å². The van der Waals surface area contributed by atoms with Crippen LogP contribution in [0.5, 0.6) is 11.5 Å². The summed E-state index contributed by atoms with van der Waals surface area (Å²) in [5.41, 5.74) is 3.34. The van der Waals surface area contributed by atoms with Gasteiger partial charge in [-0.2, -0.15) is 0 Å². The number of aromatic hydroxyl groups is 2. The van der Waals surface area contributed by atoms with E-state index in [9.17, 15) is 19.8 Å². The predicted octanol–water partition coefficient (Wildman–Crippen LogP) is 9.28. The second kappa shape index (κ2) is 17.9. The standard InChI is InChI=1S/C49H38N4O6S/c54-39-25-21-35-23-27-41(56)58-47(35)37(39)29-50-43(31-13-5-1-6-14-31)45(33-17-9-3-10-18-33)52-49(60)53-46(34-19-11-4-12-20-34)44(32-15-7-2-8-16-32)51-30-38-40(55)26-22-36-24-28-42(57)59-48(36)38/h1-30,43-46,54-55H,(H2,52,53,60)/t43-,44-,45-,46-/m0/s1. The Morgan fingerprint density at radius 2 is 0.817 bits per heavy atom. The zero-order chi connectivity index (χ0) is 41.4. The van der Waals surface area contributed by atoms with Crippen molar-refractivity contribution in [2.45, 2.75) is 24.2 Å². The van der Waals surface area contributed by atoms with Crippen molar-refractivity contribution in [2.24, 2.45) is 9.98 Å². The molecular formula is C49H38N4O6S. The molecule has 11 heteroatoms. The molecule has 60 heavy (non-hydrogen) atoms. The SMILES string of the molecule is O=c1ccc2ccc(O)c(C=N[C@@H](c3ccccc3)[C@@H](NC(=S)N[C@@H](c3ccccc3)[C@@H](N=Cc3c(O)ccc4ccc(=O)oc34)c3ccccc3)c3ccccc3)c2o1. The molecule has 4 atom stereocenters. The van der Waals surface area contributed by atoms with E-state index in [0.29, 0.717) is 15.9 Å². The van der Waals surface area contributed by atoms with E-state index in [-0.39, 0.29) is 33.8 Å². The quantitative estimate of drug-likeness (QED) is 0.0538. The van der Waals surface area contributed by atoms with E-state index in [1.54, 1.807) is 36.4 Å². The normalized spacial score (nSPS) is 13.6. The maximum atomic E-state index is 12.3. The Hall–Kier alpha value is -7.63. The Balaban J connectivity index is 1.20. The monoisotopic (exact) mass is 810 g/mol. The lowest BCUT2D eigenvalue weighted by Gasteiger charge is -2.31. The minimum atomic E-state index is -0.611. The Bertz CT molecular complexity index is 2740. The minimum absolute atomic E-state index is 0.0917. The van der Waals surface area contributed by atoms with E-state index in [1.165, 1.54) is 24.6 Å². The zero-order valence-electron chi connectivity index (χ0n) is 32.0. The van der Waals surface area contributed by atoms with Gasteiger partial charge in [-0.15, -0.1) is 0 Å². The second-order valence-electron chi connectivity index (χ2n) is 14.0. The molecule has 0 unspecified atom stereocenters. The third-order valence-electron chi connectivity index (χ3n) is 10.1. The number of hydrogen-bond acceptors (Lipinski definition) is 9. The number of nitrogens with zero attached hydrogens (tertiary/aromatic N) is 2. The number of hydrogen-bond donors (Lipinski definition) is 4. The lowest BCUT2D eigenvalue weighted by atomic mass is 9.93. The summed E-state index contributed by atoms with van der Waals surface area (Å²) in [6.45, 7) is 0. The van der Waals surface area contributed by atoms with Gasteiger partial charge in [0.1, 0.15) is 11.5 Å². The molecule has 0 saturated heterocycles. The van der Waals surface area contributed by atoms with Crippen LogP contribution in [-0.4, -0.2) is 27.8 Å². The summed E-state index contributed by atoms with van der Waals surface area (Å²) in [5, 5.41) is 30.7. The molecule has 0 fully saturated rings. The van der Waals surface area contributed by atoms with Gasteiger partial charge < -0.3 is 29.7 Å². The largest absolute Gasteiger partial charge is 0.507 e. The van der Waals surface area contributed by atoms with Crippen LogP contribution in [0.3, 0.4) is 0 Å². The van der Waals surface area contributed by atoms with Crippen molar-refractivity contribution >= 4 is 51.7 Å². The second-order valence-corrected chi connectivity index (χ2v) is 14.4. The van der Waals surface area contributed by atoms with Crippen LogP contribution in [0.1, 0.15) is 57.5 Å². The molecule has 0 aliphatic rings. The summed E-state index contributed by atoms with van der Waals surface area (Å²) in [4.78, 5) is 34.7. The Kier molecular flexibility index (Phi) is 11.7. The van der Waals surface area contributed by atoms with Crippen molar-refractivity contribution in [3.63, 3.8) is 0 Å². The van der Waals surface area contributed by atoms with Gasteiger partial charge in [-0.25, -0.2) is 9.59 Å². The van der Waals surface area contributed by atoms with Gasteiger partial charge in [-0.1, -0.05) is 121 Å². The van der Waals surface area contributed by atoms with Gasteiger partial charge in [0.05, 0.1) is 35.3 Å². The number of phenols is 2. The van der Waals surface area contributed by atoms with E-state index in [0.717, 1.165) is 22.3 Å². The van der Waals surface area contributed by atoms with Crippen LogP contribution in [-0.2, 0) is 0 Å². The molecule has 296 valence electrons. The molecular weight excluding hydrogens is 773 g/mol. The van der Waals surface area contributed by atoms with Crippen LogP contribution < -0.4 is 21.9 Å². The topological polar surface area (TPSA) is 150 Å². The van der Waals surface area contributed by atoms with E-state index in [1.807, 2.05) is 121 Å². The molecule has 0 radical (unpaired) electrons. The third kappa shape index (κ3) is 8.76. The number of rotatable bonds is 12. The van der Waals surface area contributed by atoms with E-state index in [2.05, 4.69) is 10.6 Å². The number of fused-ring (bicyclic) bond motifs is 2.